The van der Waals surface area contributed by atoms with Crippen LogP contribution < -0.4 is 5.32 Å². The zero-order valence-corrected chi connectivity index (χ0v) is 12.9. The molecule has 3 unspecified atom stereocenters. The minimum Gasteiger partial charge on any atom is -0.389 e. The summed E-state index contributed by atoms with van der Waals surface area (Å²) < 4.78 is 0. The normalized spacial score (nSPS) is 26.1. The van der Waals surface area contributed by atoms with Gasteiger partial charge in [0.15, 0.2) is 0 Å². The maximum atomic E-state index is 10.3. The molecule has 1 saturated carbocycles. The molecule has 2 heteroatoms. The smallest absolute Gasteiger partial charge is 0.0743 e. The van der Waals surface area contributed by atoms with Gasteiger partial charge in [-0.3, -0.25) is 0 Å². The van der Waals surface area contributed by atoms with Crippen molar-refractivity contribution in [2.75, 3.05) is 6.54 Å². The molecule has 0 amide bonds. The molecule has 20 heavy (non-hydrogen) atoms. The van der Waals surface area contributed by atoms with Crippen molar-refractivity contribution in [3.05, 3.63) is 35.9 Å². The third-order valence-corrected chi connectivity index (χ3v) is 4.53. The van der Waals surface area contributed by atoms with Crippen LogP contribution in [0.1, 0.15) is 63.9 Å². The minimum atomic E-state index is -0.576. The highest BCUT2D eigenvalue weighted by atomic mass is 16.3. The van der Waals surface area contributed by atoms with Crippen molar-refractivity contribution in [1.29, 1.82) is 0 Å². The summed E-state index contributed by atoms with van der Waals surface area (Å²) >= 11 is 0. The van der Waals surface area contributed by atoms with Crippen LogP contribution in [0.25, 0.3) is 0 Å². The molecule has 0 spiro atoms. The zero-order valence-electron chi connectivity index (χ0n) is 12.9. The Labute approximate surface area is 123 Å². The number of aliphatic hydroxyl groups is 1. The van der Waals surface area contributed by atoms with Crippen molar-refractivity contribution in [3.8, 4) is 0 Å². The molecule has 0 aliphatic heterocycles. The number of nitrogens with one attached hydrogen (secondary N) is 1. The second-order valence-corrected chi connectivity index (χ2v) is 6.54. The van der Waals surface area contributed by atoms with Crippen LogP contribution >= 0.6 is 0 Å². The third kappa shape index (κ3) is 4.32. The average molecular weight is 275 g/mol. The van der Waals surface area contributed by atoms with Crippen LogP contribution in [0.3, 0.4) is 0 Å². The van der Waals surface area contributed by atoms with Gasteiger partial charge in [-0.15, -0.1) is 0 Å². The van der Waals surface area contributed by atoms with E-state index in [0.29, 0.717) is 18.5 Å². The monoisotopic (exact) mass is 275 g/mol. The van der Waals surface area contributed by atoms with Gasteiger partial charge in [-0.25, -0.2) is 0 Å². The van der Waals surface area contributed by atoms with E-state index in [-0.39, 0.29) is 0 Å². The summed E-state index contributed by atoms with van der Waals surface area (Å²) in [7, 11) is 0. The Morgan fingerprint density at radius 2 is 1.90 bits per heavy atom. The number of rotatable bonds is 6. The largest absolute Gasteiger partial charge is 0.389 e. The molecule has 0 saturated heterocycles. The lowest BCUT2D eigenvalue weighted by atomic mass is 9.79. The van der Waals surface area contributed by atoms with Gasteiger partial charge in [0.1, 0.15) is 0 Å². The number of hydrogen-bond donors (Lipinski definition) is 2. The first-order valence-corrected chi connectivity index (χ1v) is 8.13. The predicted octanol–water partition coefficient (Wildman–Crippen LogP) is 3.85. The van der Waals surface area contributed by atoms with Gasteiger partial charge in [-0.2, -0.15) is 0 Å². The first-order valence-electron chi connectivity index (χ1n) is 8.13. The van der Waals surface area contributed by atoms with Gasteiger partial charge in [-0.1, -0.05) is 56.5 Å². The van der Waals surface area contributed by atoms with Crippen molar-refractivity contribution in [3.63, 3.8) is 0 Å². The first-order chi connectivity index (χ1) is 9.62. The Morgan fingerprint density at radius 3 is 2.60 bits per heavy atom. The molecule has 2 N–H and O–H groups in total. The van der Waals surface area contributed by atoms with E-state index in [1.807, 2.05) is 6.92 Å². The molecule has 112 valence electrons. The lowest BCUT2D eigenvalue weighted by molar-refractivity contribution is 0.0447. The fourth-order valence-electron chi connectivity index (χ4n) is 3.45. The van der Waals surface area contributed by atoms with Gasteiger partial charge in [-0.05, 0) is 37.7 Å². The molecular formula is C18H29NO. The van der Waals surface area contributed by atoms with E-state index in [1.165, 1.54) is 31.2 Å². The molecule has 0 bridgehead atoms. The van der Waals surface area contributed by atoms with E-state index in [2.05, 4.69) is 42.6 Å². The summed E-state index contributed by atoms with van der Waals surface area (Å²) in [6, 6.07) is 11.3. The van der Waals surface area contributed by atoms with Crippen molar-refractivity contribution >= 4 is 0 Å². The topological polar surface area (TPSA) is 32.3 Å². The second-order valence-electron chi connectivity index (χ2n) is 6.54. The van der Waals surface area contributed by atoms with Crippen LogP contribution in [0.4, 0.5) is 0 Å². The van der Waals surface area contributed by atoms with E-state index < -0.39 is 5.60 Å². The van der Waals surface area contributed by atoms with Crippen molar-refractivity contribution in [1.82, 2.24) is 5.32 Å². The Bertz CT molecular complexity index is 388. The van der Waals surface area contributed by atoms with Gasteiger partial charge >= 0.3 is 0 Å². The highest BCUT2D eigenvalue weighted by Crippen LogP contribution is 2.33. The Hall–Kier alpha value is -0.860. The molecule has 1 aliphatic rings. The standard InChI is InChI=1S/C18H29NO/c1-3-13-18(2,20)14-19-17-12-8-7-11-16(17)15-9-5-4-6-10-15/h4-6,9-10,16-17,19-20H,3,7-8,11-14H2,1-2H3. The molecule has 0 radical (unpaired) electrons. The molecule has 1 aliphatic carbocycles. The first kappa shape index (κ1) is 15.5. The fraction of sp³-hybridized carbons (Fsp3) is 0.667. The van der Waals surface area contributed by atoms with Crippen LogP contribution in [0, 0.1) is 0 Å². The Kier molecular flexibility index (Phi) is 5.62. The molecule has 0 aromatic heterocycles. The van der Waals surface area contributed by atoms with Crippen LogP contribution in [0.5, 0.6) is 0 Å². The van der Waals surface area contributed by atoms with E-state index in [0.717, 1.165) is 12.8 Å². The quantitative estimate of drug-likeness (QED) is 0.826. The molecular weight excluding hydrogens is 246 g/mol. The van der Waals surface area contributed by atoms with Gasteiger partial charge < -0.3 is 10.4 Å². The second kappa shape index (κ2) is 7.24. The van der Waals surface area contributed by atoms with E-state index in [4.69, 9.17) is 0 Å². The maximum Gasteiger partial charge on any atom is 0.0743 e. The number of benzene rings is 1. The summed E-state index contributed by atoms with van der Waals surface area (Å²) in [6.07, 6.45) is 7.00. The molecule has 0 heterocycles. The average Bonchev–Trinajstić information content (AvgIpc) is 2.46. The van der Waals surface area contributed by atoms with E-state index >= 15 is 0 Å². The Morgan fingerprint density at radius 1 is 1.20 bits per heavy atom. The van der Waals surface area contributed by atoms with Crippen LogP contribution in [0.15, 0.2) is 30.3 Å². The summed E-state index contributed by atoms with van der Waals surface area (Å²) in [5, 5.41) is 14.0. The summed E-state index contributed by atoms with van der Waals surface area (Å²) in [5.74, 6) is 0.599. The van der Waals surface area contributed by atoms with Gasteiger partial charge in [0, 0.05) is 12.6 Å². The van der Waals surface area contributed by atoms with Crippen LogP contribution in [-0.2, 0) is 0 Å². The van der Waals surface area contributed by atoms with Gasteiger partial charge in [0.2, 0.25) is 0 Å². The van der Waals surface area contributed by atoms with Crippen LogP contribution in [-0.4, -0.2) is 23.3 Å². The third-order valence-electron chi connectivity index (χ3n) is 4.53. The molecule has 2 rings (SSSR count). The van der Waals surface area contributed by atoms with Crippen molar-refractivity contribution < 1.29 is 5.11 Å². The molecule has 3 atom stereocenters. The summed E-state index contributed by atoms with van der Waals surface area (Å²) in [4.78, 5) is 0. The lowest BCUT2D eigenvalue weighted by Gasteiger charge is -2.35. The molecule has 1 aromatic carbocycles. The highest BCUT2D eigenvalue weighted by Gasteiger charge is 2.28. The van der Waals surface area contributed by atoms with E-state index in [9.17, 15) is 5.11 Å². The molecule has 2 nitrogen and oxygen atoms in total. The number of hydrogen-bond acceptors (Lipinski definition) is 2. The predicted molar refractivity (Wildman–Crippen MR) is 85.0 cm³/mol. The van der Waals surface area contributed by atoms with Gasteiger partial charge in [0.25, 0.3) is 0 Å². The minimum absolute atomic E-state index is 0.509. The summed E-state index contributed by atoms with van der Waals surface area (Å²) in [5.41, 5.74) is 0.868. The fourth-order valence-corrected chi connectivity index (χ4v) is 3.45. The Balaban J connectivity index is 1.97. The highest BCUT2D eigenvalue weighted by molar-refractivity contribution is 5.22. The molecule has 1 fully saturated rings. The molecule has 1 aromatic rings. The maximum absolute atomic E-state index is 10.3. The van der Waals surface area contributed by atoms with E-state index in [1.54, 1.807) is 0 Å². The van der Waals surface area contributed by atoms with Crippen molar-refractivity contribution in [2.24, 2.45) is 0 Å². The summed E-state index contributed by atoms with van der Waals surface area (Å²) in [6.45, 7) is 4.78. The van der Waals surface area contributed by atoms with Gasteiger partial charge in [0.05, 0.1) is 5.60 Å². The lowest BCUT2D eigenvalue weighted by Crippen LogP contribution is -2.45. The van der Waals surface area contributed by atoms with Crippen molar-refractivity contribution in [2.45, 2.75) is 69.9 Å². The van der Waals surface area contributed by atoms with Crippen LogP contribution in [0.2, 0.25) is 0 Å². The zero-order chi connectivity index (χ0) is 14.4. The SMILES string of the molecule is CCCC(C)(O)CNC1CCCCC1c1ccccc1.